The summed E-state index contributed by atoms with van der Waals surface area (Å²) in [6.07, 6.45) is -5.24. The summed E-state index contributed by atoms with van der Waals surface area (Å²) in [6.45, 7) is 0.139. The molecule has 4 rings (SSSR count). The number of hydrogen-bond acceptors (Lipinski definition) is 6. The van der Waals surface area contributed by atoms with Crippen LogP contribution in [0.1, 0.15) is 23.7 Å². The fraction of sp³-hybridized carbons (Fsp3) is 0.400. The van der Waals surface area contributed by atoms with Crippen LogP contribution in [0.4, 0.5) is 0 Å². The van der Waals surface area contributed by atoms with Gasteiger partial charge in [0, 0.05) is 21.2 Å². The summed E-state index contributed by atoms with van der Waals surface area (Å²) < 4.78 is 22.9. The van der Waals surface area contributed by atoms with Crippen molar-refractivity contribution in [3.8, 4) is 0 Å². The molecule has 2 aliphatic heterocycles. The molecular formula is C20H20Cl2O6. The number of aliphatic hydroxyl groups is 2. The van der Waals surface area contributed by atoms with Crippen molar-refractivity contribution >= 4 is 23.2 Å². The molecule has 2 fully saturated rings. The Morgan fingerprint density at radius 1 is 0.821 bits per heavy atom. The van der Waals surface area contributed by atoms with Crippen molar-refractivity contribution in [3.05, 3.63) is 69.7 Å². The molecule has 2 aromatic carbocycles. The Balaban J connectivity index is 1.45. The van der Waals surface area contributed by atoms with Crippen LogP contribution in [0.3, 0.4) is 0 Å². The lowest BCUT2D eigenvalue weighted by molar-refractivity contribution is -0.283. The lowest BCUT2D eigenvalue weighted by Crippen LogP contribution is -2.52. The van der Waals surface area contributed by atoms with Crippen LogP contribution in [0.25, 0.3) is 0 Å². The fourth-order valence-electron chi connectivity index (χ4n) is 3.33. The van der Waals surface area contributed by atoms with Gasteiger partial charge in [-0.3, -0.25) is 0 Å². The average molecular weight is 427 g/mol. The van der Waals surface area contributed by atoms with Crippen molar-refractivity contribution < 1.29 is 29.2 Å². The SMILES string of the molecule is O[C@@H]([C@@H]1OC(c2ccccc2Cl)OC[C@H]1O)[C@@H]1COC(c2ccccc2Cl)O1. The van der Waals surface area contributed by atoms with Crippen LogP contribution in [0.5, 0.6) is 0 Å². The van der Waals surface area contributed by atoms with Gasteiger partial charge in [0.05, 0.1) is 13.2 Å². The predicted molar refractivity (Wildman–Crippen MR) is 102 cm³/mol. The van der Waals surface area contributed by atoms with E-state index in [-0.39, 0.29) is 13.2 Å². The summed E-state index contributed by atoms with van der Waals surface area (Å²) in [5.41, 5.74) is 1.31. The van der Waals surface area contributed by atoms with Gasteiger partial charge in [-0.1, -0.05) is 59.6 Å². The second-order valence-corrected chi connectivity index (χ2v) is 7.52. The van der Waals surface area contributed by atoms with Crippen molar-refractivity contribution in [3.63, 3.8) is 0 Å². The Morgan fingerprint density at radius 3 is 1.96 bits per heavy atom. The van der Waals surface area contributed by atoms with Crippen LogP contribution in [0, 0.1) is 0 Å². The highest BCUT2D eigenvalue weighted by Crippen LogP contribution is 2.36. The zero-order valence-electron chi connectivity index (χ0n) is 14.8. The van der Waals surface area contributed by atoms with Gasteiger partial charge in [-0.25, -0.2) is 0 Å². The van der Waals surface area contributed by atoms with Crippen LogP contribution >= 0.6 is 23.2 Å². The normalized spacial score (nSPS) is 31.6. The van der Waals surface area contributed by atoms with E-state index in [0.717, 1.165) is 0 Å². The maximum Gasteiger partial charge on any atom is 0.185 e. The Kier molecular flexibility index (Phi) is 6.20. The number of hydrogen-bond donors (Lipinski definition) is 2. The monoisotopic (exact) mass is 426 g/mol. The molecule has 0 saturated carbocycles. The van der Waals surface area contributed by atoms with Crippen LogP contribution in [0.2, 0.25) is 10.0 Å². The molecule has 0 bridgehead atoms. The van der Waals surface area contributed by atoms with E-state index >= 15 is 0 Å². The van der Waals surface area contributed by atoms with Gasteiger partial charge in [-0.2, -0.15) is 0 Å². The van der Waals surface area contributed by atoms with E-state index in [9.17, 15) is 10.2 Å². The topological polar surface area (TPSA) is 77.4 Å². The molecule has 0 radical (unpaired) electrons. The van der Waals surface area contributed by atoms with Gasteiger partial charge in [-0.05, 0) is 12.1 Å². The molecule has 2 N–H and O–H groups in total. The van der Waals surface area contributed by atoms with Crippen LogP contribution < -0.4 is 0 Å². The molecule has 2 unspecified atom stereocenters. The van der Waals surface area contributed by atoms with Crippen LogP contribution in [-0.4, -0.2) is 47.8 Å². The number of rotatable bonds is 4. The van der Waals surface area contributed by atoms with Gasteiger partial charge in [-0.15, -0.1) is 0 Å². The minimum Gasteiger partial charge on any atom is -0.388 e. The molecule has 6 atom stereocenters. The fourth-order valence-corrected chi connectivity index (χ4v) is 3.78. The first-order valence-electron chi connectivity index (χ1n) is 8.93. The second kappa shape index (κ2) is 8.65. The van der Waals surface area contributed by atoms with Gasteiger partial charge in [0.25, 0.3) is 0 Å². The van der Waals surface area contributed by atoms with E-state index < -0.39 is 37.0 Å². The summed E-state index contributed by atoms with van der Waals surface area (Å²) in [6, 6.07) is 14.3. The van der Waals surface area contributed by atoms with Gasteiger partial charge in [0.1, 0.15) is 24.4 Å². The van der Waals surface area contributed by atoms with E-state index in [1.165, 1.54) is 0 Å². The molecule has 8 heteroatoms. The minimum absolute atomic E-state index is 0.000858. The van der Waals surface area contributed by atoms with Crippen molar-refractivity contribution in [2.45, 2.75) is 37.0 Å². The lowest BCUT2D eigenvalue weighted by atomic mass is 10.0. The zero-order chi connectivity index (χ0) is 19.7. The van der Waals surface area contributed by atoms with Crippen LogP contribution in [-0.2, 0) is 18.9 Å². The van der Waals surface area contributed by atoms with Gasteiger partial charge < -0.3 is 29.2 Å². The highest BCUT2D eigenvalue weighted by molar-refractivity contribution is 6.31. The summed E-state index contributed by atoms with van der Waals surface area (Å²) in [5, 5.41) is 22.1. The first kappa shape index (κ1) is 20.1. The number of benzene rings is 2. The summed E-state index contributed by atoms with van der Waals surface area (Å²) in [4.78, 5) is 0. The molecule has 0 spiro atoms. The van der Waals surface area contributed by atoms with Crippen molar-refractivity contribution in [2.75, 3.05) is 13.2 Å². The molecular weight excluding hydrogens is 407 g/mol. The van der Waals surface area contributed by atoms with Crippen molar-refractivity contribution in [2.24, 2.45) is 0 Å². The highest BCUT2D eigenvalue weighted by atomic mass is 35.5. The lowest BCUT2D eigenvalue weighted by Gasteiger charge is -2.38. The Morgan fingerprint density at radius 2 is 1.36 bits per heavy atom. The summed E-state index contributed by atoms with van der Waals surface area (Å²) >= 11 is 12.4. The molecule has 0 aliphatic carbocycles. The van der Waals surface area contributed by atoms with Crippen molar-refractivity contribution in [1.82, 2.24) is 0 Å². The van der Waals surface area contributed by atoms with Gasteiger partial charge in [0.15, 0.2) is 12.6 Å². The van der Waals surface area contributed by atoms with E-state index in [2.05, 4.69) is 0 Å². The largest absolute Gasteiger partial charge is 0.388 e. The standard InChI is InChI=1S/C20H20Cl2O6/c21-13-7-3-1-5-11(13)19-26-10-16(27-19)17(24)18-15(23)9-25-20(28-18)12-6-2-4-8-14(12)22/h1-8,15-20,23-24H,9-10H2/t15-,16+,17-,18-,19?,20?/m1/s1. The first-order chi connectivity index (χ1) is 13.5. The summed E-state index contributed by atoms with van der Waals surface area (Å²) in [5.74, 6) is 0. The Bertz CT molecular complexity index is 819. The Hall–Kier alpha value is -1.22. The maximum absolute atomic E-state index is 10.8. The quantitative estimate of drug-likeness (QED) is 0.781. The highest BCUT2D eigenvalue weighted by Gasteiger charge is 2.43. The van der Waals surface area contributed by atoms with E-state index in [1.54, 1.807) is 30.3 Å². The summed E-state index contributed by atoms with van der Waals surface area (Å²) in [7, 11) is 0. The second-order valence-electron chi connectivity index (χ2n) is 6.71. The van der Waals surface area contributed by atoms with E-state index in [0.29, 0.717) is 21.2 Å². The zero-order valence-corrected chi connectivity index (χ0v) is 16.3. The van der Waals surface area contributed by atoms with Crippen molar-refractivity contribution in [1.29, 1.82) is 0 Å². The molecule has 0 amide bonds. The third kappa shape index (κ3) is 4.06. The third-order valence-electron chi connectivity index (χ3n) is 4.82. The molecule has 2 saturated heterocycles. The molecule has 28 heavy (non-hydrogen) atoms. The number of ether oxygens (including phenoxy) is 4. The maximum atomic E-state index is 10.8. The smallest absolute Gasteiger partial charge is 0.185 e. The number of aliphatic hydroxyl groups excluding tert-OH is 2. The molecule has 150 valence electrons. The van der Waals surface area contributed by atoms with Gasteiger partial charge in [0.2, 0.25) is 0 Å². The molecule has 2 aromatic rings. The molecule has 2 aliphatic rings. The Labute approximate surface area is 172 Å². The minimum atomic E-state index is -1.13. The molecule has 2 heterocycles. The average Bonchev–Trinajstić information content (AvgIpc) is 3.19. The number of halogens is 2. The predicted octanol–water partition coefficient (Wildman–Crippen LogP) is 3.24. The van der Waals surface area contributed by atoms with Gasteiger partial charge >= 0.3 is 0 Å². The first-order valence-corrected chi connectivity index (χ1v) is 9.69. The van der Waals surface area contributed by atoms with E-state index in [1.807, 2.05) is 18.2 Å². The molecule has 6 nitrogen and oxygen atoms in total. The van der Waals surface area contributed by atoms with E-state index in [4.69, 9.17) is 42.1 Å². The van der Waals surface area contributed by atoms with Crippen LogP contribution in [0.15, 0.2) is 48.5 Å². The molecule has 0 aromatic heterocycles. The third-order valence-corrected chi connectivity index (χ3v) is 5.51.